The smallest absolute Gasteiger partial charge is 0.291 e. The molecule has 0 saturated heterocycles. The number of carbonyl (C=O) groups is 1. The Bertz CT molecular complexity index is 1110. The van der Waals surface area contributed by atoms with Gasteiger partial charge in [0.2, 0.25) is 11.1 Å². The molecule has 6 nitrogen and oxygen atoms in total. The van der Waals surface area contributed by atoms with E-state index >= 15 is 0 Å². The van der Waals surface area contributed by atoms with Crippen molar-refractivity contribution < 1.29 is 13.9 Å². The number of hydrogen-bond donors (Lipinski definition) is 1. The van der Waals surface area contributed by atoms with Crippen LogP contribution >= 0.6 is 11.8 Å². The highest BCUT2D eigenvalue weighted by Gasteiger charge is 2.44. The Morgan fingerprint density at radius 1 is 1.26 bits per heavy atom. The summed E-state index contributed by atoms with van der Waals surface area (Å²) in [6, 6.07) is 13.1. The Morgan fingerprint density at radius 3 is 2.74 bits per heavy atom. The van der Waals surface area contributed by atoms with Crippen molar-refractivity contribution >= 4 is 23.4 Å². The maximum atomic E-state index is 13.9. The zero-order valence-electron chi connectivity index (χ0n) is 14.6. The van der Waals surface area contributed by atoms with Crippen molar-refractivity contribution in [3.63, 3.8) is 0 Å². The second-order valence-corrected chi connectivity index (χ2v) is 6.89. The van der Waals surface area contributed by atoms with Crippen molar-refractivity contribution in [1.29, 1.82) is 0 Å². The van der Waals surface area contributed by atoms with Gasteiger partial charge < -0.3 is 0 Å². The fraction of sp³-hybridized carbons (Fsp3) is 0.158. The first-order valence-electron chi connectivity index (χ1n) is 8.26. The molecule has 2 aromatic carbocycles. The molecule has 1 aliphatic heterocycles. The third-order valence-electron chi connectivity index (χ3n) is 4.44. The Morgan fingerprint density at radius 2 is 2.04 bits per heavy atom. The van der Waals surface area contributed by atoms with Gasteiger partial charge in [0.25, 0.3) is 6.17 Å². The van der Waals surface area contributed by atoms with Crippen LogP contribution in [0.2, 0.25) is 0 Å². The van der Waals surface area contributed by atoms with Crippen LogP contribution in [0.4, 0.5) is 10.1 Å². The second-order valence-electron chi connectivity index (χ2n) is 6.09. The largest absolute Gasteiger partial charge is 0.325 e. The van der Waals surface area contributed by atoms with Crippen LogP contribution in [-0.2, 0) is 4.79 Å². The van der Waals surface area contributed by atoms with Gasteiger partial charge in [-0.15, -0.1) is 0 Å². The van der Waals surface area contributed by atoms with Crippen LogP contribution < -0.4 is 15.1 Å². The molecule has 1 aromatic heterocycles. The van der Waals surface area contributed by atoms with Crippen LogP contribution in [0.15, 0.2) is 58.5 Å². The van der Waals surface area contributed by atoms with E-state index in [9.17, 15) is 14.0 Å². The van der Waals surface area contributed by atoms with Crippen LogP contribution in [-0.4, -0.2) is 22.2 Å². The number of hydrogen-bond acceptors (Lipinski definition) is 4. The molecule has 136 valence electrons. The molecule has 1 N–H and O–H groups in total. The first-order valence-corrected chi connectivity index (χ1v) is 9.48. The molecular weight excluding hydrogens is 367 g/mol. The minimum Gasteiger partial charge on any atom is -0.291 e. The van der Waals surface area contributed by atoms with Gasteiger partial charge in [0.05, 0.1) is 11.3 Å². The van der Waals surface area contributed by atoms with Gasteiger partial charge in [-0.25, -0.2) is 9.29 Å². The molecule has 0 bridgehead atoms. The van der Waals surface area contributed by atoms with Crippen molar-refractivity contribution in [2.75, 3.05) is 11.2 Å². The molecular formula is C19H16FN4O2S+. The number of para-hydroxylation sites is 1. The molecule has 0 radical (unpaired) electrons. The lowest BCUT2D eigenvalue weighted by Gasteiger charge is -2.31. The molecule has 1 amide bonds. The van der Waals surface area contributed by atoms with E-state index in [4.69, 9.17) is 0 Å². The number of rotatable bonds is 2. The van der Waals surface area contributed by atoms with Crippen LogP contribution in [0.3, 0.4) is 0 Å². The average Bonchev–Trinajstić information content (AvgIpc) is 2.66. The first kappa shape index (κ1) is 17.4. The predicted molar refractivity (Wildman–Crippen MR) is 100.0 cm³/mol. The third-order valence-corrected chi connectivity index (χ3v) is 5.01. The summed E-state index contributed by atoms with van der Waals surface area (Å²) < 4.78 is 15.4. The van der Waals surface area contributed by atoms with E-state index in [0.717, 1.165) is 0 Å². The van der Waals surface area contributed by atoms with Crippen molar-refractivity contribution in [3.8, 4) is 11.3 Å². The lowest BCUT2D eigenvalue weighted by Crippen LogP contribution is -2.60. The van der Waals surface area contributed by atoms with Crippen LogP contribution in [0.5, 0.6) is 0 Å². The molecule has 0 fully saturated rings. The quantitative estimate of drug-likeness (QED) is 0.545. The highest BCUT2D eigenvalue weighted by atomic mass is 32.2. The Labute approximate surface area is 158 Å². The van der Waals surface area contributed by atoms with Crippen LogP contribution in [0.25, 0.3) is 11.3 Å². The molecule has 1 atom stereocenters. The summed E-state index contributed by atoms with van der Waals surface area (Å²) in [6.45, 7) is 1.44. The molecule has 3 aromatic rings. The minimum atomic E-state index is -0.767. The van der Waals surface area contributed by atoms with E-state index in [0.29, 0.717) is 27.7 Å². The zero-order valence-corrected chi connectivity index (χ0v) is 15.5. The van der Waals surface area contributed by atoms with E-state index in [1.165, 1.54) is 40.4 Å². The highest BCUT2D eigenvalue weighted by Crippen LogP contribution is 2.37. The number of benzene rings is 2. The molecule has 1 aliphatic rings. The Balaban J connectivity index is 2.10. The lowest BCUT2D eigenvalue weighted by atomic mass is 10.0. The number of thioether (sulfide) groups is 1. The molecule has 27 heavy (non-hydrogen) atoms. The van der Waals surface area contributed by atoms with E-state index in [1.807, 2.05) is 0 Å². The lowest BCUT2D eigenvalue weighted by molar-refractivity contribution is -0.763. The molecule has 0 unspecified atom stereocenters. The number of amides is 1. The SMILES string of the molecule is CSc1n[n+]2c(c(=O)[nH]1)-c1ccccc1N(C(C)=O)[C@H]2c1cccc(F)c1. The van der Waals surface area contributed by atoms with Gasteiger partial charge in [0.15, 0.2) is 0 Å². The van der Waals surface area contributed by atoms with Gasteiger partial charge in [-0.3, -0.25) is 14.6 Å². The number of aromatic amines is 1. The number of nitrogens with zero attached hydrogens (tertiary/aromatic N) is 3. The Kier molecular flexibility index (Phi) is 4.27. The molecule has 0 aliphatic carbocycles. The van der Waals surface area contributed by atoms with Gasteiger partial charge in [0.1, 0.15) is 5.82 Å². The Hall–Kier alpha value is -3.00. The summed E-state index contributed by atoms with van der Waals surface area (Å²) in [5.74, 6) is -0.658. The fourth-order valence-electron chi connectivity index (χ4n) is 3.37. The van der Waals surface area contributed by atoms with E-state index in [-0.39, 0.29) is 11.5 Å². The summed E-state index contributed by atoms with van der Waals surface area (Å²) in [4.78, 5) is 29.7. The number of fused-ring (bicyclic) bond motifs is 3. The fourth-order valence-corrected chi connectivity index (χ4v) is 3.74. The van der Waals surface area contributed by atoms with Crippen LogP contribution in [0.1, 0.15) is 18.7 Å². The molecule has 4 rings (SSSR count). The topological polar surface area (TPSA) is 69.9 Å². The van der Waals surface area contributed by atoms with Crippen LogP contribution in [0, 0.1) is 5.82 Å². The molecule has 0 spiro atoms. The average molecular weight is 383 g/mol. The number of nitrogens with one attached hydrogen (secondary N) is 1. The summed E-state index contributed by atoms with van der Waals surface area (Å²) in [5, 5.41) is 4.93. The van der Waals surface area contributed by atoms with Gasteiger partial charge in [-0.2, -0.15) is 0 Å². The monoisotopic (exact) mass is 383 g/mol. The summed E-state index contributed by atoms with van der Waals surface area (Å²) in [6.07, 6.45) is 1.03. The number of carbonyl (C=O) groups excluding carboxylic acids is 1. The van der Waals surface area contributed by atoms with E-state index < -0.39 is 12.0 Å². The minimum absolute atomic E-state index is 0.234. The molecule has 0 saturated carbocycles. The van der Waals surface area contributed by atoms with Crippen molar-refractivity contribution in [2.45, 2.75) is 18.2 Å². The number of aromatic nitrogens is 3. The van der Waals surface area contributed by atoms with E-state index in [1.54, 1.807) is 42.7 Å². The second kappa shape index (κ2) is 6.62. The van der Waals surface area contributed by atoms with Gasteiger partial charge in [0, 0.05) is 17.6 Å². The standard InChI is InChI=1S/C19H15FN4O2S/c1-11(25)23-15-9-4-3-8-14(15)16-17(26)21-19(27-2)22-24(16)18(23)12-6-5-7-13(20)10-12/h3-10,18H,1-2H3/p+1/t18-/m1/s1. The number of H-pyrrole nitrogens is 1. The molecule has 8 heteroatoms. The number of anilines is 1. The van der Waals surface area contributed by atoms with Crippen molar-refractivity contribution in [3.05, 3.63) is 70.3 Å². The maximum Gasteiger partial charge on any atom is 0.325 e. The van der Waals surface area contributed by atoms with Gasteiger partial charge >= 0.3 is 11.3 Å². The maximum absolute atomic E-state index is 13.9. The highest BCUT2D eigenvalue weighted by molar-refractivity contribution is 7.98. The van der Waals surface area contributed by atoms with Crippen molar-refractivity contribution in [2.24, 2.45) is 0 Å². The van der Waals surface area contributed by atoms with Gasteiger partial charge in [-0.05, 0) is 41.3 Å². The van der Waals surface area contributed by atoms with Gasteiger partial charge in [-0.1, -0.05) is 30.0 Å². The number of halogens is 1. The predicted octanol–water partition coefficient (Wildman–Crippen LogP) is 2.50. The summed E-state index contributed by atoms with van der Waals surface area (Å²) in [5.41, 5.74) is 1.72. The molecule has 2 heterocycles. The first-order chi connectivity index (χ1) is 13.0. The van der Waals surface area contributed by atoms with E-state index in [2.05, 4.69) is 10.1 Å². The third kappa shape index (κ3) is 2.82. The van der Waals surface area contributed by atoms with Crippen molar-refractivity contribution in [1.82, 2.24) is 10.1 Å². The summed E-state index contributed by atoms with van der Waals surface area (Å²) >= 11 is 1.28. The normalized spacial score (nSPS) is 15.2. The summed E-state index contributed by atoms with van der Waals surface area (Å²) in [7, 11) is 0. The zero-order chi connectivity index (χ0) is 19.1.